The van der Waals surface area contributed by atoms with Crippen LogP contribution in [0.15, 0.2) is 0 Å². The summed E-state index contributed by atoms with van der Waals surface area (Å²) in [5, 5.41) is 10.5. The smallest absolute Gasteiger partial charge is 0.142 e. The molecule has 2 aliphatic rings. The molecule has 0 spiro atoms. The van der Waals surface area contributed by atoms with Crippen molar-refractivity contribution in [2.24, 2.45) is 0 Å². The van der Waals surface area contributed by atoms with Crippen LogP contribution in [0.4, 0.5) is 0 Å². The SMILES string of the molecule is CC1Cc2c(c(Cl)c3c(c2C(C)(C)CO)OC(C)C3)O1. The summed E-state index contributed by atoms with van der Waals surface area (Å²) in [6, 6.07) is 0. The van der Waals surface area contributed by atoms with E-state index in [1.807, 2.05) is 27.7 Å². The molecule has 3 rings (SSSR count). The monoisotopic (exact) mass is 296 g/mol. The van der Waals surface area contributed by atoms with E-state index in [0.717, 1.165) is 41.0 Å². The Morgan fingerprint density at radius 3 is 2.25 bits per heavy atom. The molecule has 20 heavy (non-hydrogen) atoms. The van der Waals surface area contributed by atoms with Crippen molar-refractivity contribution in [2.45, 2.75) is 58.2 Å². The predicted octanol–water partition coefficient (Wildman–Crippen LogP) is 3.26. The Morgan fingerprint density at radius 1 is 1.10 bits per heavy atom. The Bertz CT molecular complexity index is 526. The maximum Gasteiger partial charge on any atom is 0.142 e. The van der Waals surface area contributed by atoms with E-state index in [1.165, 1.54) is 0 Å². The third-order valence-corrected chi connectivity index (χ3v) is 4.63. The largest absolute Gasteiger partial charge is 0.490 e. The molecule has 2 unspecified atom stereocenters. The van der Waals surface area contributed by atoms with E-state index < -0.39 is 0 Å². The zero-order valence-electron chi connectivity index (χ0n) is 12.4. The third-order valence-electron chi connectivity index (χ3n) is 4.23. The normalized spacial score (nSPS) is 24.1. The lowest BCUT2D eigenvalue weighted by atomic mass is 9.79. The third kappa shape index (κ3) is 1.91. The van der Waals surface area contributed by atoms with Gasteiger partial charge in [0.1, 0.15) is 23.7 Å². The van der Waals surface area contributed by atoms with Crippen LogP contribution >= 0.6 is 11.6 Å². The summed E-state index contributed by atoms with van der Waals surface area (Å²) in [5.41, 5.74) is 2.84. The molecule has 0 radical (unpaired) electrons. The quantitative estimate of drug-likeness (QED) is 0.910. The van der Waals surface area contributed by atoms with Gasteiger partial charge in [-0.25, -0.2) is 0 Å². The fraction of sp³-hybridized carbons (Fsp3) is 0.625. The van der Waals surface area contributed by atoms with Crippen molar-refractivity contribution in [2.75, 3.05) is 6.61 Å². The van der Waals surface area contributed by atoms with Crippen LogP contribution < -0.4 is 9.47 Å². The molecule has 0 saturated heterocycles. The topological polar surface area (TPSA) is 38.7 Å². The lowest BCUT2D eigenvalue weighted by Gasteiger charge is -2.27. The van der Waals surface area contributed by atoms with Crippen LogP contribution in [0, 0.1) is 0 Å². The zero-order chi connectivity index (χ0) is 14.7. The number of ether oxygens (including phenoxy) is 2. The molecule has 0 bridgehead atoms. The highest BCUT2D eigenvalue weighted by Gasteiger charge is 2.40. The Morgan fingerprint density at radius 2 is 1.65 bits per heavy atom. The van der Waals surface area contributed by atoms with Crippen molar-refractivity contribution in [3.05, 3.63) is 21.7 Å². The zero-order valence-corrected chi connectivity index (χ0v) is 13.2. The Labute approximate surface area is 124 Å². The van der Waals surface area contributed by atoms with Crippen LogP contribution in [0.3, 0.4) is 0 Å². The van der Waals surface area contributed by atoms with E-state index >= 15 is 0 Å². The summed E-state index contributed by atoms with van der Waals surface area (Å²) >= 11 is 6.53. The summed E-state index contributed by atoms with van der Waals surface area (Å²) in [6.07, 6.45) is 1.86. The lowest BCUT2D eigenvalue weighted by molar-refractivity contribution is 0.206. The molecule has 2 aliphatic heterocycles. The molecule has 1 aromatic carbocycles. The van der Waals surface area contributed by atoms with Gasteiger partial charge in [-0.3, -0.25) is 0 Å². The fourth-order valence-electron chi connectivity index (χ4n) is 3.26. The van der Waals surface area contributed by atoms with Crippen molar-refractivity contribution in [1.29, 1.82) is 0 Å². The molecular weight excluding hydrogens is 276 g/mol. The molecule has 3 nitrogen and oxygen atoms in total. The van der Waals surface area contributed by atoms with Crippen LogP contribution in [0.5, 0.6) is 11.5 Å². The fourth-order valence-corrected chi connectivity index (χ4v) is 3.58. The molecule has 110 valence electrons. The van der Waals surface area contributed by atoms with Gasteiger partial charge in [-0.05, 0) is 13.8 Å². The van der Waals surface area contributed by atoms with Crippen molar-refractivity contribution < 1.29 is 14.6 Å². The molecular formula is C16H21ClO3. The second kappa shape index (κ2) is 4.54. The number of aliphatic hydroxyl groups excluding tert-OH is 1. The average Bonchev–Trinajstić information content (AvgIpc) is 2.92. The molecule has 0 saturated carbocycles. The number of aliphatic hydroxyl groups is 1. The van der Waals surface area contributed by atoms with Gasteiger partial charge in [-0.15, -0.1) is 0 Å². The van der Waals surface area contributed by atoms with Gasteiger partial charge in [0.15, 0.2) is 0 Å². The standard InChI is InChI=1S/C16H21ClO3/c1-8-5-10-12(16(3,4)7-18)14-11(6-9(2)19-14)13(17)15(10)20-8/h8-9,18H,5-7H2,1-4H3. The summed E-state index contributed by atoms with van der Waals surface area (Å²) < 4.78 is 11.9. The van der Waals surface area contributed by atoms with Crippen molar-refractivity contribution >= 4 is 11.6 Å². The molecule has 0 fully saturated rings. The van der Waals surface area contributed by atoms with Crippen LogP contribution in [0.1, 0.15) is 44.4 Å². The Kier molecular flexibility index (Phi) is 3.18. The summed E-state index contributed by atoms with van der Waals surface area (Å²) in [7, 11) is 0. The molecule has 0 aliphatic carbocycles. The molecule has 0 aromatic heterocycles. The van der Waals surface area contributed by atoms with Gasteiger partial charge in [-0.1, -0.05) is 25.4 Å². The van der Waals surface area contributed by atoms with E-state index in [0.29, 0.717) is 5.02 Å². The molecule has 1 aromatic rings. The van der Waals surface area contributed by atoms with Crippen molar-refractivity contribution in [1.82, 2.24) is 0 Å². The Balaban J connectivity index is 2.29. The van der Waals surface area contributed by atoms with E-state index in [2.05, 4.69) is 0 Å². The summed E-state index contributed by atoms with van der Waals surface area (Å²) in [6.45, 7) is 8.22. The van der Waals surface area contributed by atoms with E-state index in [1.54, 1.807) is 0 Å². The summed E-state index contributed by atoms with van der Waals surface area (Å²) in [5.74, 6) is 1.67. The molecule has 0 amide bonds. The predicted molar refractivity (Wildman–Crippen MR) is 79.2 cm³/mol. The molecule has 2 atom stereocenters. The minimum atomic E-state index is -0.365. The maximum atomic E-state index is 9.78. The lowest BCUT2D eigenvalue weighted by Crippen LogP contribution is -2.25. The highest BCUT2D eigenvalue weighted by Crippen LogP contribution is 2.52. The average molecular weight is 297 g/mol. The number of halogens is 1. The molecule has 1 N–H and O–H groups in total. The van der Waals surface area contributed by atoms with E-state index in [4.69, 9.17) is 21.1 Å². The second-order valence-electron chi connectivity index (χ2n) is 6.61. The second-order valence-corrected chi connectivity index (χ2v) is 6.99. The molecule has 4 heteroatoms. The van der Waals surface area contributed by atoms with Gasteiger partial charge >= 0.3 is 0 Å². The maximum absolute atomic E-state index is 9.78. The van der Waals surface area contributed by atoms with Crippen LogP contribution in [-0.2, 0) is 18.3 Å². The first-order valence-corrected chi connectivity index (χ1v) is 7.54. The molecule has 2 heterocycles. The number of hydrogen-bond acceptors (Lipinski definition) is 3. The van der Waals surface area contributed by atoms with Gasteiger partial charge < -0.3 is 14.6 Å². The number of rotatable bonds is 2. The van der Waals surface area contributed by atoms with Gasteiger partial charge in [0.05, 0.1) is 11.6 Å². The van der Waals surface area contributed by atoms with Gasteiger partial charge in [-0.2, -0.15) is 0 Å². The van der Waals surface area contributed by atoms with Gasteiger partial charge in [0.2, 0.25) is 0 Å². The minimum absolute atomic E-state index is 0.0691. The number of benzene rings is 1. The van der Waals surface area contributed by atoms with Crippen LogP contribution in [0.25, 0.3) is 0 Å². The van der Waals surface area contributed by atoms with Crippen molar-refractivity contribution in [3.63, 3.8) is 0 Å². The highest BCUT2D eigenvalue weighted by atomic mass is 35.5. The first-order chi connectivity index (χ1) is 9.35. The number of fused-ring (bicyclic) bond motifs is 2. The van der Waals surface area contributed by atoms with Gasteiger partial charge in [0.25, 0.3) is 0 Å². The van der Waals surface area contributed by atoms with Gasteiger partial charge in [0, 0.05) is 34.9 Å². The highest BCUT2D eigenvalue weighted by molar-refractivity contribution is 6.33. The Hall–Kier alpha value is -0.930. The van der Waals surface area contributed by atoms with E-state index in [-0.39, 0.29) is 24.2 Å². The van der Waals surface area contributed by atoms with Crippen LogP contribution in [-0.4, -0.2) is 23.9 Å². The van der Waals surface area contributed by atoms with Crippen molar-refractivity contribution in [3.8, 4) is 11.5 Å². The van der Waals surface area contributed by atoms with E-state index in [9.17, 15) is 5.11 Å². The minimum Gasteiger partial charge on any atom is -0.490 e. The summed E-state index contributed by atoms with van der Waals surface area (Å²) in [4.78, 5) is 0. The first kappa shape index (κ1) is 14.0. The number of hydrogen-bond donors (Lipinski definition) is 1. The first-order valence-electron chi connectivity index (χ1n) is 7.17. The van der Waals surface area contributed by atoms with Crippen LogP contribution in [0.2, 0.25) is 5.02 Å².